The van der Waals surface area contributed by atoms with Crippen LogP contribution in [-0.2, 0) is 4.74 Å². The minimum atomic E-state index is -1.25. The van der Waals surface area contributed by atoms with Crippen LogP contribution in [0.3, 0.4) is 0 Å². The molecule has 0 aliphatic heterocycles. The minimum Gasteiger partial charge on any atom is -0.460 e. The summed E-state index contributed by atoms with van der Waals surface area (Å²) in [6.07, 6.45) is 4.07. The molecule has 1 aliphatic carbocycles. The number of allylic oxidation sites excluding steroid dienone is 2. The molecule has 1 aliphatic rings. The Labute approximate surface area is 259 Å². The van der Waals surface area contributed by atoms with Crippen molar-refractivity contribution in [1.29, 1.82) is 0 Å². The number of rotatable bonds is 10. The van der Waals surface area contributed by atoms with E-state index in [1.165, 1.54) is 0 Å². The highest BCUT2D eigenvalue weighted by molar-refractivity contribution is 6.31. The van der Waals surface area contributed by atoms with E-state index in [4.69, 9.17) is 21.1 Å². The van der Waals surface area contributed by atoms with Gasteiger partial charge in [-0.2, -0.15) is 0 Å². The Morgan fingerprint density at radius 3 is 1.79 bits per heavy atom. The van der Waals surface area contributed by atoms with Crippen LogP contribution in [0.2, 0.25) is 0 Å². The van der Waals surface area contributed by atoms with E-state index in [-0.39, 0.29) is 0 Å². The normalized spacial score (nSPS) is 18.3. The molecule has 6 rings (SSSR count). The zero-order chi connectivity index (χ0) is 29.5. The third kappa shape index (κ3) is 6.08. The maximum absolute atomic E-state index is 7.98. The van der Waals surface area contributed by atoms with Crippen molar-refractivity contribution in [3.8, 4) is 16.9 Å². The van der Waals surface area contributed by atoms with Crippen molar-refractivity contribution in [1.82, 2.24) is 0 Å². The van der Waals surface area contributed by atoms with Crippen molar-refractivity contribution in [2.45, 2.75) is 30.7 Å². The molecule has 0 radical (unpaired) electrons. The summed E-state index contributed by atoms with van der Waals surface area (Å²) in [6, 6.07) is 49.7. The lowest BCUT2D eigenvalue weighted by Gasteiger charge is -2.43. The lowest BCUT2D eigenvalue weighted by atomic mass is 9.75. The minimum absolute atomic E-state index is 0.474. The molecule has 43 heavy (non-hydrogen) atoms. The molecule has 0 heterocycles. The lowest BCUT2D eigenvalue weighted by molar-refractivity contribution is 0.0388. The number of hydrogen-bond donors (Lipinski definition) is 0. The first kappa shape index (κ1) is 28.7. The number of alkyl halides is 1. The summed E-state index contributed by atoms with van der Waals surface area (Å²) in [6.45, 7) is 2.69. The van der Waals surface area contributed by atoms with E-state index in [1.807, 2.05) is 60.7 Å². The fraction of sp³-hybridized carbons (Fsp3) is 0.150. The van der Waals surface area contributed by atoms with Gasteiger partial charge in [0.25, 0.3) is 0 Å². The summed E-state index contributed by atoms with van der Waals surface area (Å²) in [5.74, 6) is 1.03. The first-order valence-corrected chi connectivity index (χ1v) is 15.3. The highest BCUT2D eigenvalue weighted by Crippen LogP contribution is 2.56. The van der Waals surface area contributed by atoms with Crippen molar-refractivity contribution >= 4 is 22.7 Å². The highest BCUT2D eigenvalue weighted by atomic mass is 35.5. The van der Waals surface area contributed by atoms with E-state index in [1.54, 1.807) is 0 Å². The molecule has 0 aromatic heterocycles. The second-order valence-corrected chi connectivity index (χ2v) is 11.3. The van der Waals surface area contributed by atoms with E-state index in [0.717, 1.165) is 63.3 Å². The van der Waals surface area contributed by atoms with Crippen molar-refractivity contribution in [3.05, 3.63) is 174 Å². The lowest BCUT2D eigenvalue weighted by Crippen LogP contribution is -2.40. The van der Waals surface area contributed by atoms with Crippen LogP contribution < -0.4 is 4.74 Å². The molecule has 214 valence electrons. The van der Waals surface area contributed by atoms with Crippen molar-refractivity contribution in [3.63, 3.8) is 0 Å². The van der Waals surface area contributed by atoms with Gasteiger partial charge in [0.1, 0.15) is 11.5 Å². The Kier molecular flexibility index (Phi) is 8.88. The maximum atomic E-state index is 7.98. The molecule has 0 saturated carbocycles. The van der Waals surface area contributed by atoms with Gasteiger partial charge in [0.05, 0.1) is 5.92 Å². The van der Waals surface area contributed by atoms with Crippen molar-refractivity contribution in [2.24, 2.45) is 0 Å². The SMILES string of the molecule is CCCCOC1(Cl)C(c2ccccc2)=CC(c2ccccc2)=C(Oc2ccccc2)C1c1ccccc1-c1ccccc1. The zero-order valence-electron chi connectivity index (χ0n) is 24.3. The van der Waals surface area contributed by atoms with Crippen molar-refractivity contribution < 1.29 is 9.47 Å². The topological polar surface area (TPSA) is 18.5 Å². The van der Waals surface area contributed by atoms with Gasteiger partial charge in [-0.1, -0.05) is 158 Å². The van der Waals surface area contributed by atoms with Crippen LogP contribution in [0, 0.1) is 0 Å². The van der Waals surface area contributed by atoms with Crippen LogP contribution in [0.15, 0.2) is 157 Å². The number of unbranched alkanes of at least 4 members (excludes halogenated alkanes) is 1. The van der Waals surface area contributed by atoms with E-state index >= 15 is 0 Å². The van der Waals surface area contributed by atoms with Gasteiger partial charge < -0.3 is 9.47 Å². The fourth-order valence-electron chi connectivity index (χ4n) is 5.76. The molecule has 0 amide bonds. The molecule has 0 fully saturated rings. The van der Waals surface area contributed by atoms with Gasteiger partial charge in [-0.25, -0.2) is 0 Å². The molecule has 2 atom stereocenters. The summed E-state index contributed by atoms with van der Waals surface area (Å²) in [5, 5.41) is -1.25. The molecule has 0 bridgehead atoms. The number of hydrogen-bond acceptors (Lipinski definition) is 2. The van der Waals surface area contributed by atoms with Crippen LogP contribution in [-0.4, -0.2) is 11.7 Å². The van der Waals surface area contributed by atoms with Gasteiger partial charge in [0.2, 0.25) is 0 Å². The fourth-order valence-corrected chi connectivity index (χ4v) is 6.22. The third-order valence-electron chi connectivity index (χ3n) is 7.86. The molecule has 5 aromatic carbocycles. The number of para-hydroxylation sites is 1. The van der Waals surface area contributed by atoms with Gasteiger partial charge in [0.15, 0.2) is 5.06 Å². The quantitative estimate of drug-likeness (QED) is 0.120. The zero-order valence-corrected chi connectivity index (χ0v) is 25.1. The first-order chi connectivity index (χ1) is 21.2. The summed E-state index contributed by atoms with van der Waals surface area (Å²) in [4.78, 5) is 0. The van der Waals surface area contributed by atoms with Gasteiger partial charge in [0, 0.05) is 17.8 Å². The molecule has 2 nitrogen and oxygen atoms in total. The van der Waals surface area contributed by atoms with Gasteiger partial charge in [-0.05, 0) is 52.4 Å². The standard InChI is InChI=1S/C40H35ClO2/c1-2-3-28-42-40(41)37(32-22-12-6-13-23-32)29-36(31-20-10-5-11-21-31)39(43-33-24-14-7-15-25-33)38(40)35-27-17-16-26-34(35)30-18-8-4-9-19-30/h4-27,29,38H,2-3,28H2,1H3. The third-order valence-corrected chi connectivity index (χ3v) is 8.39. The number of benzene rings is 5. The number of ether oxygens (including phenoxy) is 2. The largest absolute Gasteiger partial charge is 0.460 e. The smallest absolute Gasteiger partial charge is 0.181 e. The maximum Gasteiger partial charge on any atom is 0.181 e. The highest BCUT2D eigenvalue weighted by Gasteiger charge is 2.50. The van der Waals surface area contributed by atoms with Crippen LogP contribution in [0.5, 0.6) is 5.75 Å². The van der Waals surface area contributed by atoms with E-state index < -0.39 is 11.0 Å². The molecular weight excluding hydrogens is 548 g/mol. The Morgan fingerprint density at radius 1 is 0.628 bits per heavy atom. The summed E-state index contributed by atoms with van der Waals surface area (Å²) in [5.41, 5.74) is 7.21. The van der Waals surface area contributed by atoms with Crippen LogP contribution in [0.4, 0.5) is 0 Å². The predicted molar refractivity (Wildman–Crippen MR) is 179 cm³/mol. The second kappa shape index (κ2) is 13.3. The van der Waals surface area contributed by atoms with Crippen molar-refractivity contribution in [2.75, 3.05) is 6.61 Å². The second-order valence-electron chi connectivity index (χ2n) is 10.7. The molecule has 0 saturated heterocycles. The van der Waals surface area contributed by atoms with Crippen LogP contribution in [0.1, 0.15) is 42.4 Å². The van der Waals surface area contributed by atoms with Gasteiger partial charge in [-0.3, -0.25) is 0 Å². The Bertz CT molecular complexity index is 1700. The Hall–Kier alpha value is -4.37. The first-order valence-electron chi connectivity index (χ1n) is 15.0. The number of halogens is 1. The molecule has 0 N–H and O–H groups in total. The molecule has 2 unspecified atom stereocenters. The van der Waals surface area contributed by atoms with E-state index in [2.05, 4.69) is 97.9 Å². The summed E-state index contributed by atoms with van der Waals surface area (Å²) >= 11 is 7.98. The van der Waals surface area contributed by atoms with E-state index in [9.17, 15) is 0 Å². The average Bonchev–Trinajstić information content (AvgIpc) is 3.07. The van der Waals surface area contributed by atoms with Crippen LogP contribution in [0.25, 0.3) is 22.3 Å². The van der Waals surface area contributed by atoms with E-state index in [0.29, 0.717) is 6.61 Å². The monoisotopic (exact) mass is 582 g/mol. The Balaban J connectivity index is 1.68. The summed E-state index contributed by atoms with van der Waals surface area (Å²) < 4.78 is 13.8. The molecule has 3 heteroatoms. The van der Waals surface area contributed by atoms with Gasteiger partial charge in [-0.15, -0.1) is 0 Å². The summed E-state index contributed by atoms with van der Waals surface area (Å²) in [7, 11) is 0. The average molecular weight is 583 g/mol. The van der Waals surface area contributed by atoms with Crippen LogP contribution >= 0.6 is 11.6 Å². The Morgan fingerprint density at radius 2 is 1.16 bits per heavy atom. The van der Waals surface area contributed by atoms with Gasteiger partial charge >= 0.3 is 0 Å². The molecule has 0 spiro atoms. The molecule has 5 aromatic rings. The molecular formula is C40H35ClO2. The predicted octanol–water partition coefficient (Wildman–Crippen LogP) is 10.8.